The van der Waals surface area contributed by atoms with Crippen molar-refractivity contribution in [2.75, 3.05) is 27.2 Å². The van der Waals surface area contributed by atoms with E-state index in [1.807, 2.05) is 22.9 Å². The van der Waals surface area contributed by atoms with Crippen LogP contribution >= 0.6 is 0 Å². The summed E-state index contributed by atoms with van der Waals surface area (Å²) in [5, 5.41) is 5.98. The quantitative estimate of drug-likeness (QED) is 0.591. The zero-order valence-electron chi connectivity index (χ0n) is 15.3. The molecule has 0 aliphatic carbocycles. The molecule has 25 heavy (non-hydrogen) atoms. The van der Waals surface area contributed by atoms with E-state index in [1.54, 1.807) is 0 Å². The van der Waals surface area contributed by atoms with Gasteiger partial charge in [0.15, 0.2) is 0 Å². The van der Waals surface area contributed by atoms with E-state index in [0.717, 1.165) is 36.3 Å². The molecule has 3 rings (SSSR count). The third-order valence-electron chi connectivity index (χ3n) is 4.16. The van der Waals surface area contributed by atoms with Gasteiger partial charge in [-0.05, 0) is 39.1 Å². The van der Waals surface area contributed by atoms with Crippen molar-refractivity contribution in [2.24, 2.45) is 0 Å². The highest BCUT2D eigenvalue weighted by molar-refractivity contribution is 5.82. The molecule has 0 amide bonds. The van der Waals surface area contributed by atoms with E-state index in [2.05, 4.69) is 55.2 Å². The van der Waals surface area contributed by atoms with Crippen molar-refractivity contribution in [1.29, 1.82) is 0 Å². The number of aromatic nitrogens is 3. The minimum atomic E-state index is 0.648. The second kappa shape index (κ2) is 8.12. The van der Waals surface area contributed by atoms with Gasteiger partial charge in [0.2, 0.25) is 5.88 Å². The molecule has 0 fully saturated rings. The van der Waals surface area contributed by atoms with Gasteiger partial charge in [-0.1, -0.05) is 31.2 Å². The van der Waals surface area contributed by atoms with Crippen LogP contribution in [0.2, 0.25) is 0 Å². The van der Waals surface area contributed by atoms with E-state index in [9.17, 15) is 0 Å². The van der Waals surface area contributed by atoms with E-state index in [0.29, 0.717) is 19.0 Å². The molecular formula is C20H26N4O. The van der Waals surface area contributed by atoms with E-state index in [-0.39, 0.29) is 0 Å². The highest BCUT2D eigenvalue weighted by atomic mass is 16.5. The van der Waals surface area contributed by atoms with Gasteiger partial charge in [0.25, 0.3) is 0 Å². The summed E-state index contributed by atoms with van der Waals surface area (Å²) in [5.41, 5.74) is 3.24. The Hall–Kier alpha value is -2.40. The number of benzene rings is 1. The Morgan fingerprint density at radius 3 is 2.72 bits per heavy atom. The third-order valence-corrected chi connectivity index (χ3v) is 4.16. The fraction of sp³-hybridized carbons (Fsp3) is 0.400. The SMILES string of the molecule is CCc1nn(Cc2cccc(OCCCN(C)C)n2)c2ccccc12. The minimum absolute atomic E-state index is 0.648. The first-order chi connectivity index (χ1) is 12.2. The molecule has 1 aromatic carbocycles. The molecule has 5 nitrogen and oxygen atoms in total. The second-order valence-corrected chi connectivity index (χ2v) is 6.45. The molecule has 0 spiro atoms. The van der Waals surface area contributed by atoms with Crippen molar-refractivity contribution in [2.45, 2.75) is 26.3 Å². The summed E-state index contributed by atoms with van der Waals surface area (Å²) < 4.78 is 7.82. The Morgan fingerprint density at radius 2 is 1.92 bits per heavy atom. The molecule has 0 unspecified atom stereocenters. The number of ether oxygens (including phenoxy) is 1. The van der Waals surface area contributed by atoms with E-state index >= 15 is 0 Å². The maximum Gasteiger partial charge on any atom is 0.213 e. The molecule has 0 N–H and O–H groups in total. The number of pyridine rings is 1. The molecule has 0 aliphatic rings. The number of hydrogen-bond acceptors (Lipinski definition) is 4. The fourth-order valence-corrected chi connectivity index (χ4v) is 2.91. The Kier molecular flexibility index (Phi) is 5.66. The van der Waals surface area contributed by atoms with E-state index in [4.69, 9.17) is 9.84 Å². The lowest BCUT2D eigenvalue weighted by Gasteiger charge is -2.10. The number of nitrogens with zero attached hydrogens (tertiary/aromatic N) is 4. The Balaban J connectivity index is 1.72. The Bertz CT molecular complexity index is 825. The lowest BCUT2D eigenvalue weighted by Crippen LogP contribution is -2.15. The van der Waals surface area contributed by atoms with Gasteiger partial charge in [-0.2, -0.15) is 5.10 Å². The lowest BCUT2D eigenvalue weighted by atomic mass is 10.2. The van der Waals surface area contributed by atoms with Crippen LogP contribution in [0.4, 0.5) is 0 Å². The van der Waals surface area contributed by atoms with Crippen LogP contribution in [0.3, 0.4) is 0 Å². The normalized spacial score (nSPS) is 11.4. The van der Waals surface area contributed by atoms with Crippen LogP contribution < -0.4 is 4.74 Å². The Morgan fingerprint density at radius 1 is 1.08 bits per heavy atom. The maximum atomic E-state index is 5.78. The summed E-state index contributed by atoms with van der Waals surface area (Å²) in [5.74, 6) is 0.684. The molecule has 0 radical (unpaired) electrons. The molecule has 3 aromatic rings. The number of fused-ring (bicyclic) bond motifs is 1. The summed E-state index contributed by atoms with van der Waals surface area (Å²) >= 11 is 0. The lowest BCUT2D eigenvalue weighted by molar-refractivity contribution is 0.272. The minimum Gasteiger partial charge on any atom is -0.478 e. The van der Waals surface area contributed by atoms with Crippen LogP contribution in [0.15, 0.2) is 42.5 Å². The molecule has 2 heterocycles. The summed E-state index contributed by atoms with van der Waals surface area (Å²) in [6.07, 6.45) is 1.92. The predicted octanol–water partition coefficient (Wildman–Crippen LogP) is 3.37. The summed E-state index contributed by atoms with van der Waals surface area (Å²) in [7, 11) is 4.13. The average Bonchev–Trinajstić information content (AvgIpc) is 2.97. The summed E-state index contributed by atoms with van der Waals surface area (Å²) in [6, 6.07) is 14.3. The van der Waals surface area contributed by atoms with Crippen LogP contribution in [0, 0.1) is 0 Å². The van der Waals surface area contributed by atoms with E-state index < -0.39 is 0 Å². The van der Waals surface area contributed by atoms with Gasteiger partial charge in [-0.15, -0.1) is 0 Å². The molecule has 0 saturated heterocycles. The van der Waals surface area contributed by atoms with Gasteiger partial charge in [0.1, 0.15) is 0 Å². The van der Waals surface area contributed by atoms with Crippen molar-refractivity contribution < 1.29 is 4.74 Å². The molecule has 0 atom stereocenters. The van der Waals surface area contributed by atoms with Crippen LogP contribution in [-0.2, 0) is 13.0 Å². The molecular weight excluding hydrogens is 312 g/mol. The van der Waals surface area contributed by atoms with Crippen molar-refractivity contribution in [3.63, 3.8) is 0 Å². The molecule has 0 saturated carbocycles. The fourth-order valence-electron chi connectivity index (χ4n) is 2.91. The van der Waals surface area contributed by atoms with Gasteiger partial charge in [0, 0.05) is 18.0 Å². The Labute approximate surface area is 149 Å². The van der Waals surface area contributed by atoms with E-state index in [1.165, 1.54) is 5.39 Å². The van der Waals surface area contributed by atoms with Gasteiger partial charge in [0.05, 0.1) is 30.1 Å². The number of hydrogen-bond donors (Lipinski definition) is 0. The first kappa shape index (κ1) is 17.4. The topological polar surface area (TPSA) is 43.2 Å². The molecule has 0 aliphatic heterocycles. The first-order valence-electron chi connectivity index (χ1n) is 8.85. The van der Waals surface area contributed by atoms with Crippen molar-refractivity contribution >= 4 is 10.9 Å². The summed E-state index contributed by atoms with van der Waals surface area (Å²) in [6.45, 7) is 4.48. The zero-order chi connectivity index (χ0) is 17.6. The number of para-hydroxylation sites is 1. The summed E-state index contributed by atoms with van der Waals surface area (Å²) in [4.78, 5) is 6.78. The highest BCUT2D eigenvalue weighted by Gasteiger charge is 2.09. The van der Waals surface area contributed by atoms with Crippen LogP contribution in [-0.4, -0.2) is 46.9 Å². The third kappa shape index (κ3) is 4.37. The number of rotatable bonds is 8. The molecule has 0 bridgehead atoms. The van der Waals surface area contributed by atoms with Gasteiger partial charge < -0.3 is 9.64 Å². The molecule has 5 heteroatoms. The van der Waals surface area contributed by atoms with Crippen molar-refractivity contribution in [1.82, 2.24) is 19.7 Å². The molecule has 2 aromatic heterocycles. The van der Waals surface area contributed by atoms with Crippen LogP contribution in [0.1, 0.15) is 24.7 Å². The highest BCUT2D eigenvalue weighted by Crippen LogP contribution is 2.20. The van der Waals surface area contributed by atoms with Crippen molar-refractivity contribution in [3.05, 3.63) is 53.9 Å². The predicted molar refractivity (Wildman–Crippen MR) is 101 cm³/mol. The largest absolute Gasteiger partial charge is 0.478 e. The number of aryl methyl sites for hydroxylation is 1. The standard InChI is InChI=1S/C20H26N4O/c1-4-18-17-10-5-6-11-19(17)24(22-18)15-16-9-7-12-20(21-16)25-14-8-13-23(2)3/h5-7,9-12H,4,8,13-15H2,1-3H3. The zero-order valence-corrected chi connectivity index (χ0v) is 15.3. The second-order valence-electron chi connectivity index (χ2n) is 6.45. The van der Waals surface area contributed by atoms with Gasteiger partial charge in [-0.25, -0.2) is 4.98 Å². The average molecular weight is 338 g/mol. The van der Waals surface area contributed by atoms with Crippen LogP contribution in [0.5, 0.6) is 5.88 Å². The van der Waals surface area contributed by atoms with Crippen molar-refractivity contribution in [3.8, 4) is 5.88 Å². The molecule has 132 valence electrons. The smallest absolute Gasteiger partial charge is 0.213 e. The first-order valence-corrected chi connectivity index (χ1v) is 8.85. The van der Waals surface area contributed by atoms with Gasteiger partial charge in [-0.3, -0.25) is 4.68 Å². The van der Waals surface area contributed by atoms with Gasteiger partial charge >= 0.3 is 0 Å². The van der Waals surface area contributed by atoms with Crippen LogP contribution in [0.25, 0.3) is 10.9 Å². The monoisotopic (exact) mass is 338 g/mol. The maximum absolute atomic E-state index is 5.78.